The molecule has 1 aromatic carbocycles. The Hall–Kier alpha value is -2.08. The lowest BCUT2D eigenvalue weighted by Crippen LogP contribution is -2.40. The third-order valence-corrected chi connectivity index (χ3v) is 3.50. The summed E-state index contributed by atoms with van der Waals surface area (Å²) in [5.74, 6) is -1.34. The molecule has 1 fully saturated rings. The van der Waals surface area contributed by atoms with Crippen molar-refractivity contribution in [1.82, 2.24) is 10.2 Å². The predicted molar refractivity (Wildman–Crippen MR) is 80.5 cm³/mol. The quantitative estimate of drug-likeness (QED) is 0.799. The summed E-state index contributed by atoms with van der Waals surface area (Å²) >= 11 is 5.87. The zero-order valence-corrected chi connectivity index (χ0v) is 12.9. The van der Waals surface area contributed by atoms with Gasteiger partial charge in [0.05, 0.1) is 17.1 Å². The fraction of sp³-hybridized carbons (Fsp3) is 0.400. The zero-order valence-electron chi connectivity index (χ0n) is 12.2. The van der Waals surface area contributed by atoms with E-state index in [0.29, 0.717) is 0 Å². The number of rotatable bonds is 6. The predicted octanol–water partition coefficient (Wildman–Crippen LogP) is 1.23. The van der Waals surface area contributed by atoms with E-state index in [-0.39, 0.29) is 29.1 Å². The maximum Gasteiger partial charge on any atom is 0.340 e. The number of nitrogens with zero attached hydrogens (tertiary/aromatic N) is 1. The van der Waals surface area contributed by atoms with E-state index < -0.39 is 18.5 Å². The summed E-state index contributed by atoms with van der Waals surface area (Å²) in [6.45, 7) is -0.490. The molecule has 0 saturated heterocycles. The highest BCUT2D eigenvalue weighted by molar-refractivity contribution is 6.33. The van der Waals surface area contributed by atoms with Crippen LogP contribution in [-0.4, -0.2) is 48.9 Å². The molecule has 22 heavy (non-hydrogen) atoms. The van der Waals surface area contributed by atoms with Crippen LogP contribution in [0.5, 0.6) is 0 Å². The minimum atomic E-state index is -0.671. The Kier molecular flexibility index (Phi) is 5.38. The van der Waals surface area contributed by atoms with Gasteiger partial charge in [-0.15, -0.1) is 0 Å². The fourth-order valence-electron chi connectivity index (χ4n) is 1.75. The van der Waals surface area contributed by atoms with Gasteiger partial charge in [-0.25, -0.2) is 4.79 Å². The number of amides is 2. The van der Waals surface area contributed by atoms with Crippen molar-refractivity contribution in [3.63, 3.8) is 0 Å². The lowest BCUT2D eigenvalue weighted by Gasteiger charge is -2.16. The normalized spacial score (nSPS) is 13.4. The molecule has 0 spiro atoms. The van der Waals surface area contributed by atoms with Crippen LogP contribution in [0.2, 0.25) is 5.02 Å². The minimum absolute atomic E-state index is 0.0566. The molecule has 7 heteroatoms. The third-order valence-electron chi connectivity index (χ3n) is 3.17. The monoisotopic (exact) mass is 324 g/mol. The van der Waals surface area contributed by atoms with Crippen molar-refractivity contribution in [2.24, 2.45) is 0 Å². The number of benzene rings is 1. The van der Waals surface area contributed by atoms with Crippen LogP contribution in [-0.2, 0) is 14.3 Å². The van der Waals surface area contributed by atoms with Crippen LogP contribution in [0.4, 0.5) is 0 Å². The Morgan fingerprint density at radius 2 is 2.00 bits per heavy atom. The molecule has 0 radical (unpaired) electrons. The first-order valence-corrected chi connectivity index (χ1v) is 7.30. The smallest absolute Gasteiger partial charge is 0.340 e. The molecule has 0 heterocycles. The first kappa shape index (κ1) is 16.3. The Bertz CT molecular complexity index is 587. The van der Waals surface area contributed by atoms with Gasteiger partial charge < -0.3 is 15.0 Å². The molecule has 1 aliphatic rings. The largest absolute Gasteiger partial charge is 0.452 e. The van der Waals surface area contributed by atoms with Crippen molar-refractivity contribution in [3.05, 3.63) is 34.9 Å². The number of ether oxygens (including phenoxy) is 1. The molecule has 2 amide bonds. The molecular formula is C15H17ClN2O4. The van der Waals surface area contributed by atoms with Gasteiger partial charge in [-0.2, -0.15) is 0 Å². The topological polar surface area (TPSA) is 75.7 Å². The molecule has 1 aromatic rings. The Morgan fingerprint density at radius 3 is 2.64 bits per heavy atom. The van der Waals surface area contributed by atoms with Gasteiger partial charge in [-0.05, 0) is 25.0 Å². The molecule has 1 N–H and O–H groups in total. The average Bonchev–Trinajstić information content (AvgIpc) is 3.28. The highest BCUT2D eigenvalue weighted by Gasteiger charge is 2.24. The molecule has 0 bridgehead atoms. The Balaban J connectivity index is 1.77. The van der Waals surface area contributed by atoms with Crippen molar-refractivity contribution < 1.29 is 19.1 Å². The van der Waals surface area contributed by atoms with Crippen LogP contribution in [0, 0.1) is 0 Å². The second kappa shape index (κ2) is 7.26. The lowest BCUT2D eigenvalue weighted by atomic mass is 10.2. The summed E-state index contributed by atoms with van der Waals surface area (Å²) < 4.78 is 4.92. The van der Waals surface area contributed by atoms with Crippen molar-refractivity contribution >= 4 is 29.4 Å². The van der Waals surface area contributed by atoms with Crippen molar-refractivity contribution in [2.75, 3.05) is 20.2 Å². The molecule has 1 aliphatic carbocycles. The van der Waals surface area contributed by atoms with Gasteiger partial charge >= 0.3 is 5.97 Å². The number of carbonyl (C=O) groups is 3. The van der Waals surface area contributed by atoms with E-state index >= 15 is 0 Å². The number of halogens is 1. The highest BCUT2D eigenvalue weighted by atomic mass is 35.5. The fourth-order valence-corrected chi connectivity index (χ4v) is 1.96. The van der Waals surface area contributed by atoms with E-state index in [9.17, 15) is 14.4 Å². The SMILES string of the molecule is CN(CC(=O)NC1CC1)C(=O)COC(=O)c1ccccc1Cl. The summed E-state index contributed by atoms with van der Waals surface area (Å²) in [6.07, 6.45) is 1.97. The molecule has 6 nitrogen and oxygen atoms in total. The molecule has 2 rings (SSSR count). The van der Waals surface area contributed by atoms with Crippen molar-refractivity contribution in [2.45, 2.75) is 18.9 Å². The number of esters is 1. The number of carbonyl (C=O) groups excluding carboxylic acids is 3. The highest BCUT2D eigenvalue weighted by Crippen LogP contribution is 2.18. The lowest BCUT2D eigenvalue weighted by molar-refractivity contribution is -0.137. The zero-order chi connectivity index (χ0) is 16.1. The van der Waals surface area contributed by atoms with Gasteiger partial charge in [0.1, 0.15) is 0 Å². The second-order valence-electron chi connectivity index (χ2n) is 5.15. The van der Waals surface area contributed by atoms with Crippen LogP contribution >= 0.6 is 11.6 Å². The van der Waals surface area contributed by atoms with E-state index in [1.165, 1.54) is 18.0 Å². The number of hydrogen-bond acceptors (Lipinski definition) is 4. The number of nitrogens with one attached hydrogen (secondary N) is 1. The van der Waals surface area contributed by atoms with Crippen molar-refractivity contribution in [3.8, 4) is 0 Å². The number of hydrogen-bond donors (Lipinski definition) is 1. The molecule has 1 saturated carbocycles. The molecular weight excluding hydrogens is 308 g/mol. The van der Waals surface area contributed by atoms with E-state index in [4.69, 9.17) is 16.3 Å². The van der Waals surface area contributed by atoms with Crippen LogP contribution < -0.4 is 5.32 Å². The molecule has 118 valence electrons. The van der Waals surface area contributed by atoms with E-state index in [1.54, 1.807) is 18.2 Å². The van der Waals surface area contributed by atoms with E-state index in [0.717, 1.165) is 12.8 Å². The Morgan fingerprint density at radius 1 is 1.32 bits per heavy atom. The minimum Gasteiger partial charge on any atom is -0.452 e. The first-order chi connectivity index (χ1) is 10.5. The van der Waals surface area contributed by atoms with E-state index in [2.05, 4.69) is 5.32 Å². The van der Waals surface area contributed by atoms with Crippen LogP contribution in [0.25, 0.3) is 0 Å². The summed E-state index contributed by atoms with van der Waals surface area (Å²) in [4.78, 5) is 36.5. The van der Waals surface area contributed by atoms with Gasteiger partial charge in [0, 0.05) is 13.1 Å². The first-order valence-electron chi connectivity index (χ1n) is 6.92. The van der Waals surface area contributed by atoms with Gasteiger partial charge in [-0.1, -0.05) is 23.7 Å². The Labute approximate surface area is 133 Å². The van der Waals surface area contributed by atoms with Crippen LogP contribution in [0.15, 0.2) is 24.3 Å². The summed E-state index contributed by atoms with van der Waals surface area (Å²) in [5, 5.41) is 3.04. The van der Waals surface area contributed by atoms with Crippen molar-refractivity contribution in [1.29, 1.82) is 0 Å². The van der Waals surface area contributed by atoms with Gasteiger partial charge in [0.15, 0.2) is 6.61 Å². The summed E-state index contributed by atoms with van der Waals surface area (Å²) in [6, 6.07) is 6.67. The molecule has 0 aromatic heterocycles. The van der Waals surface area contributed by atoms with Crippen LogP contribution in [0.3, 0.4) is 0 Å². The van der Waals surface area contributed by atoms with Crippen LogP contribution in [0.1, 0.15) is 23.2 Å². The van der Waals surface area contributed by atoms with Gasteiger partial charge in [0.2, 0.25) is 5.91 Å². The third kappa shape index (κ3) is 4.73. The van der Waals surface area contributed by atoms with Gasteiger partial charge in [-0.3, -0.25) is 9.59 Å². The molecule has 0 atom stereocenters. The maximum absolute atomic E-state index is 11.8. The summed E-state index contributed by atoms with van der Waals surface area (Å²) in [7, 11) is 1.48. The standard InChI is InChI=1S/C15H17ClN2O4/c1-18(8-13(19)17-10-6-7-10)14(20)9-22-15(21)11-4-2-3-5-12(11)16/h2-5,10H,6-9H2,1H3,(H,17,19). The second-order valence-corrected chi connectivity index (χ2v) is 5.55. The molecule has 0 aliphatic heterocycles. The maximum atomic E-state index is 11.8. The average molecular weight is 325 g/mol. The summed E-state index contributed by atoms with van der Waals surface area (Å²) in [5.41, 5.74) is 0.200. The van der Waals surface area contributed by atoms with Gasteiger partial charge in [0.25, 0.3) is 5.91 Å². The van der Waals surface area contributed by atoms with E-state index in [1.807, 2.05) is 0 Å². The number of likely N-dealkylation sites (N-methyl/N-ethyl adjacent to an activating group) is 1. The molecule has 0 unspecified atom stereocenters.